The van der Waals surface area contributed by atoms with Gasteiger partial charge in [0.05, 0.1) is 24.4 Å². The largest absolute Gasteiger partial charge is 0.458 e. The van der Waals surface area contributed by atoms with Crippen molar-refractivity contribution in [2.24, 2.45) is 0 Å². The zero-order valence-electron chi connectivity index (χ0n) is 22.3. The van der Waals surface area contributed by atoms with E-state index in [9.17, 15) is 13.5 Å². The van der Waals surface area contributed by atoms with Crippen molar-refractivity contribution in [3.05, 3.63) is 130 Å². The lowest BCUT2D eigenvalue weighted by molar-refractivity contribution is 0.283. The number of nitrogens with zero attached hydrogens (tertiary/aromatic N) is 3. The fourth-order valence-electron chi connectivity index (χ4n) is 5.12. The van der Waals surface area contributed by atoms with Crippen molar-refractivity contribution in [3.63, 3.8) is 0 Å². The normalized spacial score (nSPS) is 17.1. The minimum absolute atomic E-state index is 0.162. The van der Waals surface area contributed by atoms with Gasteiger partial charge in [0, 0.05) is 26.9 Å². The molecular formula is C32H28IN3O4S. The molecule has 41 heavy (non-hydrogen) atoms. The number of fused-ring (bicyclic) bond motifs is 1. The number of hydrogen-bond donors (Lipinski definition) is 1. The Morgan fingerprint density at radius 3 is 2.68 bits per heavy atom. The summed E-state index contributed by atoms with van der Waals surface area (Å²) in [7, 11) is -3.86. The molecule has 1 atom stereocenters. The Bertz CT molecular complexity index is 1920. The lowest BCUT2D eigenvalue weighted by Gasteiger charge is -2.29. The number of allylic oxidation sites excluding steroid dienone is 2. The van der Waals surface area contributed by atoms with E-state index in [-0.39, 0.29) is 6.61 Å². The standard InChI is InChI=1S/C32H28IN3O4S/c1-32(41(38,39)36-17-13-29-25(22-37)8-4-12-31(29)36)15-5-11-28(20-32)40-27-10-3-7-24(19-27)30-14-16-35(34-30)21-23-6-2-9-26(33)18-23/h2-14,16-20,37H,15,21-22H2,1H3. The average Bonchev–Trinajstić information content (AvgIpc) is 3.61. The van der Waals surface area contributed by atoms with E-state index in [0.29, 0.717) is 40.9 Å². The van der Waals surface area contributed by atoms with Crippen LogP contribution in [0.15, 0.2) is 115 Å². The molecule has 5 aromatic rings. The highest BCUT2D eigenvalue weighted by atomic mass is 127. The van der Waals surface area contributed by atoms with Crippen LogP contribution in [0.25, 0.3) is 22.2 Å². The predicted octanol–water partition coefficient (Wildman–Crippen LogP) is 6.51. The van der Waals surface area contributed by atoms with Crippen molar-refractivity contribution in [2.75, 3.05) is 0 Å². The van der Waals surface area contributed by atoms with Crippen molar-refractivity contribution in [1.82, 2.24) is 13.8 Å². The molecule has 1 unspecified atom stereocenters. The lowest BCUT2D eigenvalue weighted by atomic mass is 10.0. The molecule has 1 aliphatic carbocycles. The van der Waals surface area contributed by atoms with Gasteiger partial charge in [-0.25, -0.2) is 12.4 Å². The number of rotatable bonds is 8. The van der Waals surface area contributed by atoms with E-state index in [4.69, 9.17) is 9.84 Å². The van der Waals surface area contributed by atoms with Gasteiger partial charge in [-0.1, -0.05) is 42.5 Å². The Labute approximate surface area is 252 Å². The van der Waals surface area contributed by atoms with Crippen LogP contribution in [0.3, 0.4) is 0 Å². The summed E-state index contributed by atoms with van der Waals surface area (Å²) in [6.07, 6.45) is 9.12. The molecule has 2 aromatic heterocycles. The van der Waals surface area contributed by atoms with Gasteiger partial charge >= 0.3 is 0 Å². The Morgan fingerprint density at radius 2 is 1.85 bits per heavy atom. The topological polar surface area (TPSA) is 86.4 Å². The smallest absolute Gasteiger partial charge is 0.248 e. The maximum absolute atomic E-state index is 13.9. The number of ether oxygens (including phenoxy) is 1. The molecule has 0 bridgehead atoms. The van der Waals surface area contributed by atoms with Crippen LogP contribution >= 0.6 is 22.6 Å². The summed E-state index contributed by atoms with van der Waals surface area (Å²) < 4.78 is 37.2. The molecule has 0 spiro atoms. The number of aromatic nitrogens is 3. The monoisotopic (exact) mass is 677 g/mol. The average molecular weight is 678 g/mol. The third kappa shape index (κ3) is 5.37. The summed E-state index contributed by atoms with van der Waals surface area (Å²) in [5, 5.41) is 15.1. The Kier molecular flexibility index (Phi) is 7.35. The molecule has 0 radical (unpaired) electrons. The second-order valence-corrected chi connectivity index (χ2v) is 13.8. The highest BCUT2D eigenvalue weighted by Gasteiger charge is 2.40. The fourth-order valence-corrected chi connectivity index (χ4v) is 7.39. The summed E-state index contributed by atoms with van der Waals surface area (Å²) in [4.78, 5) is 0. The van der Waals surface area contributed by atoms with Crippen LogP contribution in [0.4, 0.5) is 0 Å². The van der Waals surface area contributed by atoms with Crippen molar-refractivity contribution in [3.8, 4) is 17.0 Å². The van der Waals surface area contributed by atoms with Gasteiger partial charge in [-0.05, 0) is 102 Å². The molecular weight excluding hydrogens is 649 g/mol. The first-order valence-corrected chi connectivity index (χ1v) is 15.7. The predicted molar refractivity (Wildman–Crippen MR) is 169 cm³/mol. The Balaban J connectivity index is 1.24. The molecule has 6 rings (SSSR count). The molecule has 208 valence electrons. The van der Waals surface area contributed by atoms with Gasteiger partial charge in [0.15, 0.2) is 0 Å². The van der Waals surface area contributed by atoms with Gasteiger partial charge in [0.1, 0.15) is 16.3 Å². The van der Waals surface area contributed by atoms with Gasteiger partial charge in [-0.2, -0.15) is 5.10 Å². The van der Waals surface area contributed by atoms with Crippen molar-refractivity contribution < 1.29 is 18.3 Å². The summed E-state index contributed by atoms with van der Waals surface area (Å²) in [6, 6.07) is 25.0. The van der Waals surface area contributed by atoms with Gasteiger partial charge < -0.3 is 9.84 Å². The number of aliphatic hydroxyl groups is 1. The SMILES string of the molecule is CC1(S(=O)(=O)n2ccc3c(CO)cccc32)C=C(Oc2cccc(-c3ccn(Cc4cccc(I)c4)n3)c2)C=CC1. The Hall–Kier alpha value is -3.67. The van der Waals surface area contributed by atoms with Crippen molar-refractivity contribution in [2.45, 2.75) is 31.2 Å². The molecule has 1 N–H and O–H groups in total. The molecule has 0 saturated carbocycles. The minimum Gasteiger partial charge on any atom is -0.458 e. The van der Waals surface area contributed by atoms with E-state index in [1.54, 1.807) is 49.5 Å². The van der Waals surface area contributed by atoms with Crippen LogP contribution in [-0.2, 0) is 23.2 Å². The number of halogens is 1. The Morgan fingerprint density at radius 1 is 1.02 bits per heavy atom. The van der Waals surface area contributed by atoms with Crippen molar-refractivity contribution >= 4 is 43.5 Å². The highest BCUT2D eigenvalue weighted by molar-refractivity contribution is 14.1. The maximum atomic E-state index is 13.9. The van der Waals surface area contributed by atoms with Crippen molar-refractivity contribution in [1.29, 1.82) is 0 Å². The summed E-state index contributed by atoms with van der Waals surface area (Å²) >= 11 is 2.31. The zero-order valence-corrected chi connectivity index (χ0v) is 25.3. The van der Waals surface area contributed by atoms with Crippen LogP contribution in [-0.4, -0.2) is 32.0 Å². The van der Waals surface area contributed by atoms with E-state index < -0.39 is 14.8 Å². The third-order valence-electron chi connectivity index (χ3n) is 7.30. The van der Waals surface area contributed by atoms with Gasteiger partial charge in [-0.3, -0.25) is 4.68 Å². The summed E-state index contributed by atoms with van der Waals surface area (Å²) in [6.45, 7) is 2.22. The zero-order chi connectivity index (χ0) is 28.6. The first-order chi connectivity index (χ1) is 19.8. The number of hydrogen-bond acceptors (Lipinski definition) is 5. The van der Waals surface area contributed by atoms with Crippen LogP contribution in [0.5, 0.6) is 5.75 Å². The maximum Gasteiger partial charge on any atom is 0.248 e. The lowest BCUT2D eigenvalue weighted by Crippen LogP contribution is -2.38. The quantitative estimate of drug-likeness (QED) is 0.190. The summed E-state index contributed by atoms with van der Waals surface area (Å²) in [5.74, 6) is 1.04. The van der Waals surface area contributed by atoms with Crippen LogP contribution in [0, 0.1) is 3.57 Å². The first-order valence-electron chi connectivity index (χ1n) is 13.2. The number of benzene rings is 3. The number of aliphatic hydroxyl groups excluding tert-OH is 1. The van der Waals surface area contributed by atoms with Crippen LogP contribution in [0.2, 0.25) is 0 Å². The third-order valence-corrected chi connectivity index (χ3v) is 10.3. The molecule has 0 aliphatic heterocycles. The second-order valence-electron chi connectivity index (χ2n) is 10.2. The second kappa shape index (κ2) is 11.0. The minimum atomic E-state index is -3.86. The molecule has 2 heterocycles. The van der Waals surface area contributed by atoms with E-state index in [0.717, 1.165) is 11.3 Å². The van der Waals surface area contributed by atoms with Gasteiger partial charge in [0.2, 0.25) is 10.0 Å². The summed E-state index contributed by atoms with van der Waals surface area (Å²) in [5.41, 5.74) is 4.13. The van der Waals surface area contributed by atoms with E-state index in [2.05, 4.69) is 40.8 Å². The van der Waals surface area contributed by atoms with Crippen LogP contribution in [0.1, 0.15) is 24.5 Å². The van der Waals surface area contributed by atoms with Gasteiger partial charge in [0.25, 0.3) is 0 Å². The molecule has 0 fully saturated rings. The molecule has 1 aliphatic rings. The highest BCUT2D eigenvalue weighted by Crippen LogP contribution is 2.35. The molecule has 0 saturated heterocycles. The van der Waals surface area contributed by atoms with Crippen LogP contribution < -0.4 is 4.74 Å². The molecule has 3 aromatic carbocycles. The van der Waals surface area contributed by atoms with E-state index in [1.807, 2.05) is 53.4 Å². The molecule has 7 nitrogen and oxygen atoms in total. The first kappa shape index (κ1) is 27.5. The van der Waals surface area contributed by atoms with E-state index in [1.165, 1.54) is 13.1 Å². The van der Waals surface area contributed by atoms with Gasteiger partial charge in [-0.15, -0.1) is 0 Å². The molecule has 0 amide bonds. The molecule has 9 heteroatoms. The van der Waals surface area contributed by atoms with E-state index >= 15 is 0 Å². The fraction of sp³-hybridized carbons (Fsp3) is 0.156.